The highest BCUT2D eigenvalue weighted by Gasteiger charge is 2.19. The molecular weight excluding hydrogens is 352 g/mol. The van der Waals surface area contributed by atoms with Gasteiger partial charge in [0.1, 0.15) is 0 Å². The lowest BCUT2D eigenvalue weighted by Gasteiger charge is -2.26. The van der Waals surface area contributed by atoms with Crippen LogP contribution in [-0.2, 0) is 14.3 Å². The molecule has 1 aromatic heterocycles. The molecule has 3 rings (SSSR count). The molecule has 1 heterocycles. The van der Waals surface area contributed by atoms with Crippen molar-refractivity contribution in [2.75, 3.05) is 11.5 Å². The summed E-state index contributed by atoms with van der Waals surface area (Å²) in [6.07, 6.45) is 4.68. The van der Waals surface area contributed by atoms with E-state index in [-0.39, 0.29) is 18.6 Å². The third-order valence-electron chi connectivity index (χ3n) is 4.22. The van der Waals surface area contributed by atoms with E-state index in [4.69, 9.17) is 4.74 Å². The van der Waals surface area contributed by atoms with Crippen molar-refractivity contribution in [1.82, 2.24) is 4.98 Å². The number of nitrogens with zero attached hydrogens (tertiary/aromatic N) is 2. The molecule has 0 radical (unpaired) electrons. The Balaban J connectivity index is 1.64. The zero-order valence-electron chi connectivity index (χ0n) is 15.9. The fraction of sp³-hybridized carbons (Fsp3) is 0.174. The second-order valence-corrected chi connectivity index (χ2v) is 6.56. The van der Waals surface area contributed by atoms with E-state index in [1.165, 1.54) is 6.08 Å². The molecule has 0 N–H and O–H groups in total. The van der Waals surface area contributed by atoms with E-state index in [0.717, 1.165) is 22.2 Å². The van der Waals surface area contributed by atoms with Crippen molar-refractivity contribution >= 4 is 34.5 Å². The molecule has 5 nitrogen and oxygen atoms in total. The van der Waals surface area contributed by atoms with Gasteiger partial charge in [0.2, 0.25) is 0 Å². The zero-order valence-corrected chi connectivity index (χ0v) is 15.9. The lowest BCUT2D eigenvalue weighted by molar-refractivity contribution is -0.143. The SMILES string of the molecule is CC(C)N(C(=O)COC(=O)C=Cc1cccc2cccnc12)c1ccccc1. The van der Waals surface area contributed by atoms with Crippen molar-refractivity contribution < 1.29 is 14.3 Å². The minimum absolute atomic E-state index is 0.0501. The molecule has 0 atom stereocenters. The average Bonchev–Trinajstić information content (AvgIpc) is 2.71. The number of esters is 1. The lowest BCUT2D eigenvalue weighted by atomic mass is 10.1. The van der Waals surface area contributed by atoms with Crippen LogP contribution in [0.2, 0.25) is 0 Å². The maximum absolute atomic E-state index is 12.6. The molecule has 0 saturated heterocycles. The van der Waals surface area contributed by atoms with Crippen molar-refractivity contribution in [3.63, 3.8) is 0 Å². The zero-order chi connectivity index (χ0) is 19.9. The predicted octanol–water partition coefficient (Wildman–Crippen LogP) is 4.23. The van der Waals surface area contributed by atoms with E-state index >= 15 is 0 Å². The number of benzene rings is 2. The summed E-state index contributed by atoms with van der Waals surface area (Å²) in [5.74, 6) is -0.840. The third-order valence-corrected chi connectivity index (χ3v) is 4.22. The Bertz CT molecular complexity index is 992. The van der Waals surface area contributed by atoms with Crippen LogP contribution in [0, 0.1) is 0 Å². The fourth-order valence-electron chi connectivity index (χ4n) is 2.99. The Morgan fingerprint density at radius 3 is 2.54 bits per heavy atom. The van der Waals surface area contributed by atoms with E-state index in [9.17, 15) is 9.59 Å². The smallest absolute Gasteiger partial charge is 0.331 e. The molecule has 5 heteroatoms. The number of amides is 1. The van der Waals surface area contributed by atoms with Gasteiger partial charge in [-0.15, -0.1) is 0 Å². The molecule has 1 amide bonds. The summed E-state index contributed by atoms with van der Waals surface area (Å²) in [5.41, 5.74) is 2.39. The van der Waals surface area contributed by atoms with Crippen molar-refractivity contribution in [1.29, 1.82) is 0 Å². The van der Waals surface area contributed by atoms with Crippen molar-refractivity contribution in [3.05, 3.63) is 78.5 Å². The van der Waals surface area contributed by atoms with Crippen molar-refractivity contribution in [2.45, 2.75) is 19.9 Å². The number of anilines is 1. The van der Waals surface area contributed by atoms with E-state index in [1.54, 1.807) is 17.2 Å². The lowest BCUT2D eigenvalue weighted by Crippen LogP contribution is -2.39. The second-order valence-electron chi connectivity index (χ2n) is 6.56. The van der Waals surface area contributed by atoms with Gasteiger partial charge >= 0.3 is 5.97 Å². The van der Waals surface area contributed by atoms with Crippen LogP contribution in [-0.4, -0.2) is 29.5 Å². The molecule has 0 aliphatic heterocycles. The highest BCUT2D eigenvalue weighted by molar-refractivity contribution is 5.97. The molecule has 3 aromatic rings. The van der Waals surface area contributed by atoms with Crippen LogP contribution in [0.4, 0.5) is 5.69 Å². The number of aromatic nitrogens is 1. The Labute approximate surface area is 164 Å². The number of pyridine rings is 1. The summed E-state index contributed by atoms with van der Waals surface area (Å²) in [6.45, 7) is 3.52. The summed E-state index contributed by atoms with van der Waals surface area (Å²) in [5, 5.41) is 0.989. The normalized spacial score (nSPS) is 11.1. The molecule has 0 bridgehead atoms. The molecule has 28 heavy (non-hydrogen) atoms. The summed E-state index contributed by atoms with van der Waals surface area (Å²) in [6, 6.07) is 18.8. The van der Waals surface area contributed by atoms with Gasteiger partial charge < -0.3 is 9.64 Å². The van der Waals surface area contributed by atoms with Gasteiger partial charge in [0, 0.05) is 35.0 Å². The fourth-order valence-corrected chi connectivity index (χ4v) is 2.99. The summed E-state index contributed by atoms with van der Waals surface area (Å²) in [4.78, 5) is 30.6. The standard InChI is InChI=1S/C23H22N2O3/c1-17(2)25(20-11-4-3-5-12-20)21(26)16-28-22(27)14-13-19-9-6-8-18-10-7-15-24-23(18)19/h3-15,17H,16H2,1-2H3. The summed E-state index contributed by atoms with van der Waals surface area (Å²) < 4.78 is 5.15. The summed E-state index contributed by atoms with van der Waals surface area (Å²) in [7, 11) is 0. The molecule has 0 aliphatic carbocycles. The number of hydrogen-bond acceptors (Lipinski definition) is 4. The predicted molar refractivity (Wildman–Crippen MR) is 111 cm³/mol. The number of carbonyl (C=O) groups excluding carboxylic acids is 2. The van der Waals surface area contributed by atoms with Crippen molar-refractivity contribution in [3.8, 4) is 0 Å². The topological polar surface area (TPSA) is 59.5 Å². The van der Waals surface area contributed by atoms with Gasteiger partial charge in [-0.25, -0.2) is 4.79 Å². The second kappa shape index (κ2) is 8.95. The minimum atomic E-state index is -0.571. The molecule has 0 aliphatic rings. The average molecular weight is 374 g/mol. The molecule has 2 aromatic carbocycles. The number of rotatable bonds is 6. The van der Waals surface area contributed by atoms with Crippen LogP contribution in [0.15, 0.2) is 72.9 Å². The number of fused-ring (bicyclic) bond motifs is 1. The highest BCUT2D eigenvalue weighted by Crippen LogP contribution is 2.18. The van der Waals surface area contributed by atoms with Gasteiger partial charge in [0.15, 0.2) is 6.61 Å². The van der Waals surface area contributed by atoms with E-state index in [0.29, 0.717) is 0 Å². The van der Waals surface area contributed by atoms with Crippen LogP contribution in [0.25, 0.3) is 17.0 Å². The Morgan fingerprint density at radius 1 is 1.04 bits per heavy atom. The van der Waals surface area contributed by atoms with Gasteiger partial charge in [-0.05, 0) is 38.1 Å². The Kier molecular flexibility index (Phi) is 6.17. The first-order valence-corrected chi connectivity index (χ1v) is 9.12. The van der Waals surface area contributed by atoms with Gasteiger partial charge in [-0.2, -0.15) is 0 Å². The molecule has 0 unspecified atom stereocenters. The van der Waals surface area contributed by atoms with Crippen LogP contribution in [0.1, 0.15) is 19.4 Å². The molecule has 0 spiro atoms. The molecule has 142 valence electrons. The van der Waals surface area contributed by atoms with E-state index < -0.39 is 5.97 Å². The first-order chi connectivity index (χ1) is 13.6. The van der Waals surface area contributed by atoms with Gasteiger partial charge in [-0.1, -0.05) is 42.5 Å². The van der Waals surface area contributed by atoms with Gasteiger partial charge in [0.25, 0.3) is 5.91 Å². The Hall–Kier alpha value is -3.47. The van der Waals surface area contributed by atoms with Crippen molar-refractivity contribution in [2.24, 2.45) is 0 Å². The quantitative estimate of drug-likeness (QED) is 0.478. The van der Waals surface area contributed by atoms with Gasteiger partial charge in [0.05, 0.1) is 5.52 Å². The van der Waals surface area contributed by atoms with Crippen LogP contribution < -0.4 is 4.90 Å². The number of para-hydroxylation sites is 2. The van der Waals surface area contributed by atoms with E-state index in [1.807, 2.05) is 74.5 Å². The summed E-state index contributed by atoms with van der Waals surface area (Å²) >= 11 is 0. The van der Waals surface area contributed by atoms with Crippen LogP contribution in [0.3, 0.4) is 0 Å². The maximum atomic E-state index is 12.6. The first kappa shape index (κ1) is 19.3. The molecule has 0 fully saturated rings. The minimum Gasteiger partial charge on any atom is -0.452 e. The van der Waals surface area contributed by atoms with Crippen LogP contribution in [0.5, 0.6) is 0 Å². The van der Waals surface area contributed by atoms with Gasteiger partial charge in [-0.3, -0.25) is 9.78 Å². The number of hydrogen-bond donors (Lipinski definition) is 0. The third kappa shape index (κ3) is 4.62. The Morgan fingerprint density at radius 2 is 1.79 bits per heavy atom. The monoisotopic (exact) mass is 374 g/mol. The maximum Gasteiger partial charge on any atom is 0.331 e. The van der Waals surface area contributed by atoms with Crippen LogP contribution >= 0.6 is 0 Å². The number of ether oxygens (including phenoxy) is 1. The highest BCUT2D eigenvalue weighted by atomic mass is 16.5. The largest absolute Gasteiger partial charge is 0.452 e. The molecular formula is C23H22N2O3. The number of carbonyl (C=O) groups is 2. The van der Waals surface area contributed by atoms with E-state index in [2.05, 4.69) is 4.98 Å². The molecule has 0 saturated carbocycles. The first-order valence-electron chi connectivity index (χ1n) is 9.12.